The highest BCUT2D eigenvalue weighted by Gasteiger charge is 2.66. The second-order valence-electron chi connectivity index (χ2n) is 12.4. The third-order valence-corrected chi connectivity index (χ3v) is 10.8. The Kier molecular flexibility index (Phi) is 7.85. The Morgan fingerprint density at radius 1 is 1.09 bits per heavy atom. The number of rotatable bonds is 11. The number of hydrogen-bond donors (Lipinski definition) is 6. The zero-order valence-corrected chi connectivity index (χ0v) is 26.5. The minimum absolute atomic E-state index is 0.00472. The number of aromatic amines is 1. The SMILES string of the molecule is C=CC1=C(C)[C@@]2(NC1=O)O[C@@H]2C1N/C(=C\c2[nH]c(/C=C3\NC(=O)[C@H](C)[C@H]3C3CS3)c(C)c2CCC(=O)O)C(CCC(=O)O)=C1C. The van der Waals surface area contributed by atoms with Gasteiger partial charge in [-0.05, 0) is 73.6 Å². The molecule has 6 heterocycles. The van der Waals surface area contributed by atoms with Gasteiger partial charge in [0.2, 0.25) is 5.91 Å². The number of thioether (sulfide) groups is 1. The van der Waals surface area contributed by atoms with Gasteiger partial charge in [0.15, 0.2) is 5.72 Å². The maximum atomic E-state index is 12.6. The molecule has 5 aliphatic rings. The summed E-state index contributed by atoms with van der Waals surface area (Å²) in [6, 6.07) is -0.327. The third kappa shape index (κ3) is 5.43. The van der Waals surface area contributed by atoms with Gasteiger partial charge in [0.05, 0.1) is 6.04 Å². The Bertz CT molecular complexity index is 1660. The molecule has 0 radical (unpaired) electrons. The summed E-state index contributed by atoms with van der Waals surface area (Å²) in [6.45, 7) is 11.4. The third-order valence-electron chi connectivity index (χ3n) is 9.80. The van der Waals surface area contributed by atoms with Crippen LogP contribution in [0.2, 0.25) is 0 Å². The molecule has 6 rings (SSSR count). The van der Waals surface area contributed by atoms with Gasteiger partial charge in [0.1, 0.15) is 6.10 Å². The van der Waals surface area contributed by atoms with Gasteiger partial charge >= 0.3 is 11.9 Å². The lowest BCUT2D eigenvalue weighted by Crippen LogP contribution is -2.41. The van der Waals surface area contributed by atoms with Crippen LogP contribution >= 0.6 is 11.8 Å². The lowest BCUT2D eigenvalue weighted by atomic mass is 9.91. The van der Waals surface area contributed by atoms with Gasteiger partial charge in [0.25, 0.3) is 5.91 Å². The van der Waals surface area contributed by atoms with Crippen LogP contribution < -0.4 is 16.0 Å². The number of aliphatic carboxylic acids is 2. The van der Waals surface area contributed by atoms with Gasteiger partial charge in [-0.3, -0.25) is 19.2 Å². The molecule has 2 unspecified atom stereocenters. The maximum absolute atomic E-state index is 12.6. The van der Waals surface area contributed by atoms with E-state index >= 15 is 0 Å². The largest absolute Gasteiger partial charge is 0.481 e. The number of hydrogen-bond acceptors (Lipinski definition) is 7. The molecule has 3 saturated heterocycles. The van der Waals surface area contributed by atoms with E-state index in [1.165, 1.54) is 6.08 Å². The van der Waals surface area contributed by atoms with Crippen molar-refractivity contribution in [3.8, 4) is 0 Å². The number of carbonyl (C=O) groups is 4. The van der Waals surface area contributed by atoms with E-state index in [0.717, 1.165) is 45.0 Å². The van der Waals surface area contributed by atoms with Crippen molar-refractivity contribution >= 4 is 47.7 Å². The minimum atomic E-state index is -0.943. The molecular weight excluding hydrogens is 596 g/mol. The lowest BCUT2D eigenvalue weighted by Gasteiger charge is -2.14. The minimum Gasteiger partial charge on any atom is -0.481 e. The molecule has 238 valence electrons. The van der Waals surface area contributed by atoms with E-state index in [2.05, 4.69) is 27.5 Å². The first kappa shape index (κ1) is 31.0. The Labute approximate surface area is 265 Å². The van der Waals surface area contributed by atoms with Crippen molar-refractivity contribution in [3.63, 3.8) is 0 Å². The van der Waals surface area contributed by atoms with Gasteiger partial charge < -0.3 is 35.9 Å². The second-order valence-corrected chi connectivity index (χ2v) is 13.7. The van der Waals surface area contributed by atoms with E-state index in [0.29, 0.717) is 22.2 Å². The summed E-state index contributed by atoms with van der Waals surface area (Å²) < 4.78 is 6.15. The molecule has 11 nitrogen and oxygen atoms in total. The highest BCUT2D eigenvalue weighted by atomic mass is 32.2. The molecule has 0 aliphatic carbocycles. The Morgan fingerprint density at radius 3 is 2.40 bits per heavy atom. The molecule has 1 spiro atoms. The summed E-state index contributed by atoms with van der Waals surface area (Å²) in [4.78, 5) is 51.8. The van der Waals surface area contributed by atoms with Crippen LogP contribution in [-0.2, 0) is 30.3 Å². The number of carboxylic acids is 2. The summed E-state index contributed by atoms with van der Waals surface area (Å²) in [5.74, 6) is -1.07. The lowest BCUT2D eigenvalue weighted by molar-refractivity contribution is -0.138. The molecule has 2 amide bonds. The van der Waals surface area contributed by atoms with Crippen LogP contribution in [-0.4, -0.2) is 67.8 Å². The van der Waals surface area contributed by atoms with Gasteiger partial charge in [0, 0.05) is 64.0 Å². The van der Waals surface area contributed by atoms with E-state index in [-0.39, 0.29) is 55.4 Å². The molecule has 1 aromatic heterocycles. The summed E-state index contributed by atoms with van der Waals surface area (Å²) in [5.41, 5.74) is 6.87. The Morgan fingerprint density at radius 2 is 1.78 bits per heavy atom. The van der Waals surface area contributed by atoms with Crippen molar-refractivity contribution in [3.05, 3.63) is 68.9 Å². The molecule has 6 N–H and O–H groups in total. The van der Waals surface area contributed by atoms with Gasteiger partial charge in [-0.25, -0.2) is 0 Å². The summed E-state index contributed by atoms with van der Waals surface area (Å²) in [6.07, 6.45) is 5.43. The summed E-state index contributed by atoms with van der Waals surface area (Å²) in [7, 11) is 0. The normalized spacial score (nSPS) is 32.0. The number of aromatic nitrogens is 1. The highest BCUT2D eigenvalue weighted by Crippen LogP contribution is 2.50. The fraction of sp³-hybridized carbons (Fsp3) is 0.455. The van der Waals surface area contributed by atoms with Gasteiger partial charge in [-0.15, -0.1) is 0 Å². The maximum Gasteiger partial charge on any atom is 0.303 e. The van der Waals surface area contributed by atoms with Crippen LogP contribution in [0.3, 0.4) is 0 Å². The predicted molar refractivity (Wildman–Crippen MR) is 170 cm³/mol. The number of ether oxygens (including phenoxy) is 1. The van der Waals surface area contributed by atoms with Gasteiger partial charge in [-0.2, -0.15) is 11.8 Å². The zero-order chi connectivity index (χ0) is 32.4. The molecule has 12 heteroatoms. The van der Waals surface area contributed by atoms with Crippen molar-refractivity contribution in [2.75, 3.05) is 5.75 Å². The van der Waals surface area contributed by atoms with Crippen LogP contribution in [0.15, 0.2) is 46.3 Å². The molecule has 6 atom stereocenters. The first-order valence-electron chi connectivity index (χ1n) is 15.2. The van der Waals surface area contributed by atoms with Crippen LogP contribution in [0.1, 0.15) is 62.5 Å². The fourth-order valence-corrected chi connectivity index (χ4v) is 7.97. The van der Waals surface area contributed by atoms with Crippen LogP contribution in [0.4, 0.5) is 0 Å². The Hall–Kier alpha value is -4.03. The first-order valence-corrected chi connectivity index (χ1v) is 16.2. The number of epoxide rings is 1. The molecular formula is C33H38N4O7S. The van der Waals surface area contributed by atoms with Crippen molar-refractivity contribution in [1.82, 2.24) is 20.9 Å². The fourth-order valence-electron chi connectivity index (χ4n) is 7.07. The molecule has 1 aromatic rings. The highest BCUT2D eigenvalue weighted by molar-refractivity contribution is 8.06. The number of carbonyl (C=O) groups excluding carboxylic acids is 2. The standard InChI is InChI=1S/C33H38N4O7S/c1-6-18-17(5)33(37-32(18)43)30(44-33)29-15(3)20(8-10-27(40)41)23(35-29)12-22-19(7-9-26(38)39)14(2)21(34-22)11-24-28(25-13-45-25)16(4)31(42)36-24/h6,11-12,16,25,28-30,34-35H,1,7-10,13H2,2-5H3,(H,36,42)(H,37,43)(H,38,39)(H,40,41)/b23-12-,24-11-/t16-,25?,28-,29?,30-,33-/m1/s1. The zero-order valence-electron chi connectivity index (χ0n) is 25.7. The summed E-state index contributed by atoms with van der Waals surface area (Å²) in [5, 5.41) is 29.0. The Balaban J connectivity index is 1.37. The van der Waals surface area contributed by atoms with E-state index in [1.807, 2.05) is 51.6 Å². The average Bonchev–Trinajstić information content (AvgIpc) is 3.84. The number of nitrogens with one attached hydrogen (secondary N) is 4. The number of carboxylic acid groups (broad SMARTS) is 2. The quantitative estimate of drug-likeness (QED) is 0.200. The van der Waals surface area contributed by atoms with Crippen LogP contribution in [0.25, 0.3) is 12.2 Å². The molecule has 5 aliphatic heterocycles. The molecule has 0 aromatic carbocycles. The molecule has 3 fully saturated rings. The smallest absolute Gasteiger partial charge is 0.303 e. The second kappa shape index (κ2) is 11.4. The van der Waals surface area contributed by atoms with E-state index in [9.17, 15) is 29.4 Å². The molecule has 0 saturated carbocycles. The average molecular weight is 635 g/mol. The number of amides is 2. The predicted octanol–water partition coefficient (Wildman–Crippen LogP) is 3.40. The number of allylic oxidation sites excluding steroid dienone is 2. The van der Waals surface area contributed by atoms with E-state index in [1.54, 1.807) is 0 Å². The monoisotopic (exact) mass is 634 g/mol. The van der Waals surface area contributed by atoms with E-state index in [4.69, 9.17) is 4.74 Å². The van der Waals surface area contributed by atoms with Crippen molar-refractivity contribution in [2.24, 2.45) is 11.8 Å². The van der Waals surface area contributed by atoms with Crippen molar-refractivity contribution in [2.45, 2.75) is 76.5 Å². The van der Waals surface area contributed by atoms with Crippen molar-refractivity contribution < 1.29 is 34.1 Å². The first-order chi connectivity index (χ1) is 21.4. The van der Waals surface area contributed by atoms with E-state index < -0.39 is 23.8 Å². The topological polar surface area (TPSA) is 173 Å². The van der Waals surface area contributed by atoms with Crippen molar-refractivity contribution in [1.29, 1.82) is 0 Å². The van der Waals surface area contributed by atoms with Crippen LogP contribution in [0.5, 0.6) is 0 Å². The molecule has 0 bridgehead atoms. The summed E-state index contributed by atoms with van der Waals surface area (Å²) >= 11 is 1.84. The van der Waals surface area contributed by atoms with Crippen LogP contribution in [0, 0.1) is 18.8 Å². The molecule has 45 heavy (non-hydrogen) atoms. The number of H-pyrrole nitrogens is 1. The van der Waals surface area contributed by atoms with Gasteiger partial charge in [-0.1, -0.05) is 19.6 Å².